The summed E-state index contributed by atoms with van der Waals surface area (Å²) in [7, 11) is -1.81. The predicted octanol–water partition coefficient (Wildman–Crippen LogP) is 1.37. The van der Waals surface area contributed by atoms with E-state index in [0.29, 0.717) is 5.00 Å². The second-order valence-electron chi connectivity index (χ2n) is 3.21. The van der Waals surface area contributed by atoms with Crippen LogP contribution in [0.25, 0.3) is 0 Å². The van der Waals surface area contributed by atoms with Gasteiger partial charge in [0.2, 0.25) is 0 Å². The van der Waals surface area contributed by atoms with Gasteiger partial charge < -0.3 is 11.1 Å². The minimum absolute atomic E-state index is 0.0417. The molecule has 0 spiro atoms. The van der Waals surface area contributed by atoms with Gasteiger partial charge in [0.05, 0.1) is 16.3 Å². The number of anilines is 2. The summed E-state index contributed by atoms with van der Waals surface area (Å²) in [5.74, 6) is -0.267. The molecular formula is C9H14N2O3S2. The minimum atomic E-state index is -3.41. The fourth-order valence-corrected chi connectivity index (χ4v) is 3.85. The van der Waals surface area contributed by atoms with E-state index in [9.17, 15) is 13.2 Å². The van der Waals surface area contributed by atoms with Crippen molar-refractivity contribution in [1.29, 1.82) is 0 Å². The largest absolute Gasteiger partial charge is 0.396 e. The number of carbonyl (C=O) groups excluding carboxylic acids is 1. The van der Waals surface area contributed by atoms with Crippen LogP contribution in [0.15, 0.2) is 4.90 Å². The SMILES string of the molecule is CCS(=O)(=O)c1c(NC)sc(C(C)=O)c1N. The molecule has 0 unspecified atom stereocenters. The van der Waals surface area contributed by atoms with Gasteiger partial charge in [-0.3, -0.25) is 4.79 Å². The Morgan fingerprint density at radius 3 is 2.44 bits per heavy atom. The fraction of sp³-hybridized carbons (Fsp3) is 0.444. The van der Waals surface area contributed by atoms with Crippen LogP contribution in [0.2, 0.25) is 0 Å². The second kappa shape index (κ2) is 4.42. The summed E-state index contributed by atoms with van der Waals surface area (Å²) in [6.45, 7) is 2.91. The lowest BCUT2D eigenvalue weighted by molar-refractivity contribution is 0.102. The highest BCUT2D eigenvalue weighted by Crippen LogP contribution is 2.39. The van der Waals surface area contributed by atoms with Gasteiger partial charge in [-0.05, 0) is 0 Å². The van der Waals surface area contributed by atoms with Gasteiger partial charge in [-0.2, -0.15) is 0 Å². The highest BCUT2D eigenvalue weighted by Gasteiger charge is 2.26. The standard InChI is InChI=1S/C9H14N2O3S2/c1-4-16(13,14)8-6(10)7(5(2)12)15-9(8)11-3/h11H,4,10H2,1-3H3. The molecule has 0 aliphatic carbocycles. The predicted molar refractivity (Wildman–Crippen MR) is 66.0 cm³/mol. The third kappa shape index (κ3) is 2.05. The van der Waals surface area contributed by atoms with E-state index in [2.05, 4.69) is 5.32 Å². The van der Waals surface area contributed by atoms with E-state index in [0.717, 1.165) is 11.3 Å². The fourth-order valence-electron chi connectivity index (χ4n) is 1.31. The Morgan fingerprint density at radius 2 is 2.06 bits per heavy atom. The molecule has 0 amide bonds. The van der Waals surface area contributed by atoms with Gasteiger partial charge >= 0.3 is 0 Å². The first-order valence-electron chi connectivity index (χ1n) is 4.68. The van der Waals surface area contributed by atoms with Crippen LogP contribution in [0, 0.1) is 0 Å². The Labute approximate surface area is 98.6 Å². The third-order valence-electron chi connectivity index (χ3n) is 2.14. The Bertz CT molecular complexity index is 517. The number of ketones is 1. The van der Waals surface area contributed by atoms with Crippen LogP contribution >= 0.6 is 11.3 Å². The van der Waals surface area contributed by atoms with Crippen LogP contribution in [0.5, 0.6) is 0 Å². The Hall–Kier alpha value is -1.08. The quantitative estimate of drug-likeness (QED) is 0.800. The van der Waals surface area contributed by atoms with E-state index >= 15 is 0 Å². The van der Waals surface area contributed by atoms with Crippen molar-refractivity contribution in [3.05, 3.63) is 4.88 Å². The normalized spacial score (nSPS) is 11.4. The molecule has 0 saturated heterocycles. The monoisotopic (exact) mass is 262 g/mol. The number of sulfone groups is 1. The number of hydrogen-bond acceptors (Lipinski definition) is 6. The summed E-state index contributed by atoms with van der Waals surface area (Å²) >= 11 is 1.07. The Balaban J connectivity index is 3.56. The molecule has 0 saturated carbocycles. The third-order valence-corrected chi connectivity index (χ3v) is 5.40. The molecule has 0 radical (unpaired) electrons. The molecule has 0 atom stereocenters. The van der Waals surface area contributed by atoms with Gasteiger partial charge in [-0.25, -0.2) is 8.42 Å². The lowest BCUT2D eigenvalue weighted by Gasteiger charge is -2.03. The summed E-state index contributed by atoms with van der Waals surface area (Å²) in [6.07, 6.45) is 0. The van der Waals surface area contributed by atoms with Crippen molar-refractivity contribution in [3.63, 3.8) is 0 Å². The molecular weight excluding hydrogens is 248 g/mol. The van der Waals surface area contributed by atoms with Crippen LogP contribution in [0.4, 0.5) is 10.7 Å². The molecule has 16 heavy (non-hydrogen) atoms. The average Bonchev–Trinajstić information content (AvgIpc) is 2.56. The summed E-state index contributed by atoms with van der Waals surface area (Å²) in [6, 6.07) is 0. The molecule has 0 bridgehead atoms. The zero-order chi connectivity index (χ0) is 12.5. The van der Waals surface area contributed by atoms with Gasteiger partial charge in [0, 0.05) is 14.0 Å². The van der Waals surface area contributed by atoms with Crippen LogP contribution in [0.1, 0.15) is 23.5 Å². The number of thiophene rings is 1. The molecule has 0 fully saturated rings. The summed E-state index contributed by atoms with van der Waals surface area (Å²) < 4.78 is 23.6. The van der Waals surface area contributed by atoms with Crippen LogP contribution in [0.3, 0.4) is 0 Å². The van der Waals surface area contributed by atoms with E-state index in [1.165, 1.54) is 6.92 Å². The number of hydrogen-bond donors (Lipinski definition) is 2. The van der Waals surface area contributed by atoms with Gasteiger partial charge in [0.1, 0.15) is 9.90 Å². The van der Waals surface area contributed by atoms with Crippen molar-refractivity contribution in [1.82, 2.24) is 0 Å². The Morgan fingerprint density at radius 1 is 1.50 bits per heavy atom. The molecule has 0 aromatic carbocycles. The number of carbonyl (C=O) groups is 1. The lowest BCUT2D eigenvalue weighted by Crippen LogP contribution is -2.08. The number of nitrogens with two attached hydrogens (primary N) is 1. The first-order valence-corrected chi connectivity index (χ1v) is 7.15. The van der Waals surface area contributed by atoms with Crippen molar-refractivity contribution < 1.29 is 13.2 Å². The van der Waals surface area contributed by atoms with Crippen molar-refractivity contribution in [2.24, 2.45) is 0 Å². The van der Waals surface area contributed by atoms with Crippen molar-refractivity contribution >= 4 is 37.6 Å². The first-order chi connectivity index (χ1) is 7.35. The number of nitrogens with one attached hydrogen (secondary N) is 1. The molecule has 5 nitrogen and oxygen atoms in total. The topological polar surface area (TPSA) is 89.3 Å². The summed E-state index contributed by atoms with van der Waals surface area (Å²) in [4.78, 5) is 11.6. The summed E-state index contributed by atoms with van der Waals surface area (Å²) in [5, 5.41) is 3.18. The van der Waals surface area contributed by atoms with Crippen LogP contribution in [-0.2, 0) is 9.84 Å². The second-order valence-corrected chi connectivity index (χ2v) is 6.45. The van der Waals surface area contributed by atoms with E-state index in [1.54, 1.807) is 14.0 Å². The van der Waals surface area contributed by atoms with Gasteiger partial charge in [-0.15, -0.1) is 11.3 Å². The lowest BCUT2D eigenvalue weighted by atomic mass is 10.3. The molecule has 90 valence electrons. The van der Waals surface area contributed by atoms with Crippen LogP contribution < -0.4 is 11.1 Å². The van der Waals surface area contributed by atoms with Gasteiger partial charge in [-0.1, -0.05) is 6.92 Å². The van der Waals surface area contributed by atoms with Crippen LogP contribution in [-0.4, -0.2) is 27.0 Å². The maximum absolute atomic E-state index is 11.8. The maximum Gasteiger partial charge on any atom is 0.183 e. The van der Waals surface area contributed by atoms with Gasteiger partial charge in [0.15, 0.2) is 15.6 Å². The molecule has 1 heterocycles. The van der Waals surface area contributed by atoms with Gasteiger partial charge in [0.25, 0.3) is 0 Å². The molecule has 0 aliphatic heterocycles. The van der Waals surface area contributed by atoms with E-state index in [-0.39, 0.29) is 27.0 Å². The van der Waals surface area contributed by atoms with Crippen molar-refractivity contribution in [3.8, 4) is 0 Å². The number of Topliss-reactive ketones (excluding diaryl/α,β-unsaturated/α-hetero) is 1. The highest BCUT2D eigenvalue weighted by atomic mass is 32.2. The number of rotatable bonds is 4. The molecule has 1 aromatic rings. The Kier molecular flexibility index (Phi) is 3.59. The molecule has 7 heteroatoms. The molecule has 0 aliphatic rings. The molecule has 1 aromatic heterocycles. The first kappa shape index (κ1) is 13.0. The highest BCUT2D eigenvalue weighted by molar-refractivity contribution is 7.91. The zero-order valence-corrected chi connectivity index (χ0v) is 11.0. The maximum atomic E-state index is 11.8. The zero-order valence-electron chi connectivity index (χ0n) is 9.33. The van der Waals surface area contributed by atoms with Crippen molar-refractivity contribution in [2.75, 3.05) is 23.9 Å². The van der Waals surface area contributed by atoms with E-state index < -0.39 is 9.84 Å². The van der Waals surface area contributed by atoms with E-state index in [1.807, 2.05) is 0 Å². The molecule has 1 rings (SSSR count). The minimum Gasteiger partial charge on any atom is -0.396 e. The molecule has 3 N–H and O–H groups in total. The smallest absolute Gasteiger partial charge is 0.183 e. The van der Waals surface area contributed by atoms with E-state index in [4.69, 9.17) is 5.73 Å². The average molecular weight is 262 g/mol. The number of nitrogen functional groups attached to an aromatic ring is 1. The summed E-state index contributed by atoms with van der Waals surface area (Å²) in [5.41, 5.74) is 5.77. The van der Waals surface area contributed by atoms with Crippen molar-refractivity contribution in [2.45, 2.75) is 18.7 Å².